The van der Waals surface area contributed by atoms with Crippen molar-refractivity contribution >= 4 is 5.97 Å². The van der Waals surface area contributed by atoms with Crippen LogP contribution < -0.4 is 0 Å². The maximum absolute atomic E-state index is 10.6. The van der Waals surface area contributed by atoms with Crippen molar-refractivity contribution in [1.29, 1.82) is 0 Å². The van der Waals surface area contributed by atoms with Gasteiger partial charge in [0, 0.05) is 40.6 Å². The monoisotopic (exact) mass is 384 g/mol. The van der Waals surface area contributed by atoms with Crippen LogP contribution in [0.2, 0.25) is 0 Å². The topological polar surface area (TPSA) is 74.2 Å². The molecule has 0 saturated carbocycles. The second kappa shape index (κ2) is 20.8. The van der Waals surface area contributed by atoms with Gasteiger partial charge in [0.15, 0.2) is 0 Å². The first-order chi connectivity index (χ1) is 13.2. The summed E-state index contributed by atoms with van der Waals surface area (Å²) in [6.45, 7) is 3.46. The molecule has 0 fully saturated rings. The highest BCUT2D eigenvalue weighted by molar-refractivity contribution is 5.68. The molecule has 0 aliphatic heterocycles. The third-order valence-electron chi connectivity index (χ3n) is 3.57. The van der Waals surface area contributed by atoms with Gasteiger partial charge in [0.25, 0.3) is 0 Å². The summed E-state index contributed by atoms with van der Waals surface area (Å²) in [6.07, 6.45) is 15.8. The molecule has 0 amide bonds. The molecule has 0 heterocycles. The molecule has 0 bridgehead atoms. The summed E-state index contributed by atoms with van der Waals surface area (Å²) < 4.78 is 21.3. The van der Waals surface area contributed by atoms with Gasteiger partial charge in [0.05, 0.1) is 19.1 Å². The number of hydrogen-bond acceptors (Lipinski definition) is 5. The molecule has 0 aliphatic carbocycles. The van der Waals surface area contributed by atoms with Crippen molar-refractivity contribution in [2.45, 2.75) is 44.6 Å². The maximum Gasteiger partial charge on any atom is 0.307 e. The normalized spacial score (nSPS) is 13.3. The van der Waals surface area contributed by atoms with E-state index in [2.05, 4.69) is 0 Å². The Hall–Kier alpha value is -1.47. The fraction of sp³-hybridized carbons (Fsp3) is 0.667. The van der Waals surface area contributed by atoms with Crippen LogP contribution in [0.3, 0.4) is 0 Å². The molecule has 0 aromatic heterocycles. The second-order valence-corrected chi connectivity index (χ2v) is 6.00. The van der Waals surface area contributed by atoms with Crippen molar-refractivity contribution in [3.63, 3.8) is 0 Å². The molecule has 0 aliphatic rings. The minimum Gasteiger partial charge on any atom is -0.481 e. The molecule has 0 aromatic rings. The third kappa shape index (κ3) is 20.7. The van der Waals surface area contributed by atoms with Gasteiger partial charge in [-0.1, -0.05) is 36.5 Å². The number of unbranched alkanes of at least 4 members (excludes halogenated alkanes) is 2. The van der Waals surface area contributed by atoms with Crippen molar-refractivity contribution in [3.05, 3.63) is 36.5 Å². The lowest BCUT2D eigenvalue weighted by atomic mass is 10.2. The average Bonchev–Trinajstić information content (AvgIpc) is 2.65. The summed E-state index contributed by atoms with van der Waals surface area (Å²) in [6, 6.07) is 0. The Bertz CT molecular complexity index is 417. The number of rotatable bonds is 19. The lowest BCUT2D eigenvalue weighted by Crippen LogP contribution is -2.10. The molecular weight excluding hydrogens is 348 g/mol. The van der Waals surface area contributed by atoms with E-state index in [-0.39, 0.29) is 12.5 Å². The number of allylic oxidation sites excluding steroid dienone is 2. The lowest BCUT2D eigenvalue weighted by molar-refractivity contribution is -0.136. The SMILES string of the molecule is COCCCCOC/C=C/C=C\CC(/C=C/CC(=O)O)OCCCCOC. The van der Waals surface area contributed by atoms with Gasteiger partial charge in [-0.15, -0.1) is 0 Å². The summed E-state index contributed by atoms with van der Waals surface area (Å²) in [5.41, 5.74) is 0. The van der Waals surface area contributed by atoms with E-state index in [1.807, 2.05) is 30.4 Å². The van der Waals surface area contributed by atoms with Gasteiger partial charge in [-0.25, -0.2) is 0 Å². The van der Waals surface area contributed by atoms with E-state index in [0.29, 0.717) is 19.6 Å². The Morgan fingerprint density at radius 3 is 2.19 bits per heavy atom. The zero-order valence-corrected chi connectivity index (χ0v) is 16.8. The smallest absolute Gasteiger partial charge is 0.307 e. The van der Waals surface area contributed by atoms with Crippen LogP contribution in [0.5, 0.6) is 0 Å². The molecule has 6 heteroatoms. The Labute approximate surface area is 163 Å². The van der Waals surface area contributed by atoms with E-state index < -0.39 is 5.97 Å². The standard InChI is InChI=1S/C21H36O6/c1-24-15-7-9-18-26-17-6-4-3-5-12-20(13-11-14-21(22)23)27-19-10-8-16-25-2/h3-6,11,13,20H,7-10,12,14-19H2,1-2H3,(H,22,23)/b5-3-,6-4+,13-11+. The van der Waals surface area contributed by atoms with E-state index in [4.69, 9.17) is 24.1 Å². The quantitative estimate of drug-likeness (QED) is 0.208. The van der Waals surface area contributed by atoms with E-state index in [1.54, 1.807) is 20.3 Å². The van der Waals surface area contributed by atoms with Gasteiger partial charge in [0.2, 0.25) is 0 Å². The number of ether oxygens (including phenoxy) is 4. The predicted octanol–water partition coefficient (Wildman–Crippen LogP) is 3.77. The maximum atomic E-state index is 10.6. The van der Waals surface area contributed by atoms with Crippen molar-refractivity contribution in [3.8, 4) is 0 Å². The van der Waals surface area contributed by atoms with Gasteiger partial charge >= 0.3 is 5.97 Å². The number of methoxy groups -OCH3 is 2. The summed E-state index contributed by atoms with van der Waals surface area (Å²) >= 11 is 0. The minimum atomic E-state index is -0.842. The van der Waals surface area contributed by atoms with E-state index in [0.717, 1.165) is 45.5 Å². The zero-order chi connectivity index (χ0) is 20.0. The molecule has 6 nitrogen and oxygen atoms in total. The molecule has 0 spiro atoms. The third-order valence-corrected chi connectivity index (χ3v) is 3.57. The second-order valence-electron chi connectivity index (χ2n) is 6.00. The first-order valence-electron chi connectivity index (χ1n) is 9.58. The van der Waals surface area contributed by atoms with E-state index in [9.17, 15) is 4.79 Å². The van der Waals surface area contributed by atoms with Crippen molar-refractivity contribution in [2.24, 2.45) is 0 Å². The Kier molecular flexibility index (Phi) is 19.7. The summed E-state index contributed by atoms with van der Waals surface area (Å²) in [4.78, 5) is 10.6. The zero-order valence-electron chi connectivity index (χ0n) is 16.8. The van der Waals surface area contributed by atoms with E-state index in [1.165, 1.54) is 0 Å². The highest BCUT2D eigenvalue weighted by Gasteiger charge is 2.03. The molecule has 27 heavy (non-hydrogen) atoms. The van der Waals surface area contributed by atoms with Crippen molar-refractivity contribution in [2.75, 3.05) is 47.3 Å². The summed E-state index contributed by atoms with van der Waals surface area (Å²) in [7, 11) is 3.39. The molecule has 0 rings (SSSR count). The van der Waals surface area contributed by atoms with Crippen LogP contribution in [0.1, 0.15) is 38.5 Å². The van der Waals surface area contributed by atoms with E-state index >= 15 is 0 Å². The number of carboxylic acid groups (broad SMARTS) is 1. The number of carboxylic acids is 1. The number of hydrogen-bond donors (Lipinski definition) is 1. The number of aliphatic carboxylic acids is 1. The summed E-state index contributed by atoms with van der Waals surface area (Å²) in [5, 5.41) is 8.73. The fourth-order valence-corrected chi connectivity index (χ4v) is 2.13. The van der Waals surface area contributed by atoms with Gasteiger partial charge < -0.3 is 24.1 Å². The Balaban J connectivity index is 4.01. The molecule has 1 atom stereocenters. The van der Waals surface area contributed by atoms with Crippen LogP contribution in [-0.4, -0.2) is 64.4 Å². The van der Waals surface area contributed by atoms with Crippen LogP contribution in [0.25, 0.3) is 0 Å². The van der Waals surface area contributed by atoms with Gasteiger partial charge in [-0.3, -0.25) is 4.79 Å². The minimum absolute atomic E-state index is 0.00880. The Morgan fingerprint density at radius 1 is 0.889 bits per heavy atom. The largest absolute Gasteiger partial charge is 0.481 e. The Morgan fingerprint density at radius 2 is 1.52 bits per heavy atom. The molecular formula is C21H36O6. The van der Waals surface area contributed by atoms with Crippen LogP contribution in [-0.2, 0) is 23.7 Å². The molecule has 0 radical (unpaired) electrons. The predicted molar refractivity (Wildman–Crippen MR) is 107 cm³/mol. The summed E-state index contributed by atoms with van der Waals surface area (Å²) in [5.74, 6) is -0.842. The number of carbonyl (C=O) groups is 1. The van der Waals surface area contributed by atoms with Gasteiger partial charge in [0.1, 0.15) is 0 Å². The van der Waals surface area contributed by atoms with Crippen molar-refractivity contribution in [1.82, 2.24) is 0 Å². The highest BCUT2D eigenvalue weighted by atomic mass is 16.5. The van der Waals surface area contributed by atoms with Crippen molar-refractivity contribution < 1.29 is 28.8 Å². The molecule has 0 aromatic carbocycles. The van der Waals surface area contributed by atoms with Gasteiger partial charge in [-0.2, -0.15) is 0 Å². The molecule has 0 saturated heterocycles. The lowest BCUT2D eigenvalue weighted by Gasteiger charge is -2.12. The molecule has 1 N–H and O–H groups in total. The molecule has 1 unspecified atom stereocenters. The highest BCUT2D eigenvalue weighted by Crippen LogP contribution is 2.05. The van der Waals surface area contributed by atoms with Gasteiger partial charge in [-0.05, 0) is 32.1 Å². The first kappa shape index (κ1) is 25.5. The average molecular weight is 385 g/mol. The van der Waals surface area contributed by atoms with Crippen LogP contribution in [0, 0.1) is 0 Å². The van der Waals surface area contributed by atoms with Crippen LogP contribution in [0.4, 0.5) is 0 Å². The first-order valence-corrected chi connectivity index (χ1v) is 9.58. The molecule has 156 valence electrons. The fourth-order valence-electron chi connectivity index (χ4n) is 2.13. The van der Waals surface area contributed by atoms with Crippen LogP contribution >= 0.6 is 0 Å². The van der Waals surface area contributed by atoms with Crippen LogP contribution in [0.15, 0.2) is 36.5 Å².